The summed E-state index contributed by atoms with van der Waals surface area (Å²) in [4.78, 5) is 12.0. The molecule has 0 aromatic heterocycles. The number of rotatable bonds is 2. The summed E-state index contributed by atoms with van der Waals surface area (Å²) < 4.78 is 0. The SMILES string of the molecule is CC(C)(C)C(=O)CC1NCC2CCCC21. The first kappa shape index (κ1) is 11.1. The number of hydrogen-bond donors (Lipinski definition) is 1. The lowest BCUT2D eigenvalue weighted by atomic mass is 9.83. The largest absolute Gasteiger partial charge is 0.313 e. The van der Waals surface area contributed by atoms with E-state index in [9.17, 15) is 4.79 Å². The second kappa shape index (κ2) is 3.89. The van der Waals surface area contributed by atoms with Crippen LogP contribution in [0.25, 0.3) is 0 Å². The number of ketones is 1. The first-order chi connectivity index (χ1) is 6.98. The zero-order chi connectivity index (χ0) is 11.1. The van der Waals surface area contributed by atoms with Crippen molar-refractivity contribution in [2.75, 3.05) is 6.54 Å². The zero-order valence-corrected chi connectivity index (χ0v) is 10.2. The number of nitrogens with one attached hydrogen (secondary N) is 1. The first-order valence-corrected chi connectivity index (χ1v) is 6.25. The maximum Gasteiger partial charge on any atom is 0.139 e. The molecule has 0 aromatic carbocycles. The molecule has 0 amide bonds. The quantitative estimate of drug-likeness (QED) is 0.756. The van der Waals surface area contributed by atoms with Gasteiger partial charge >= 0.3 is 0 Å². The molecule has 3 atom stereocenters. The standard InChI is InChI=1S/C13H23NO/c1-13(2,3)12(15)7-11-10-6-4-5-9(10)8-14-11/h9-11,14H,4-8H2,1-3H3. The second-order valence-electron chi connectivity index (χ2n) is 6.25. The molecule has 2 aliphatic rings. The molecule has 86 valence electrons. The Kier molecular flexibility index (Phi) is 2.89. The van der Waals surface area contributed by atoms with Crippen molar-refractivity contribution < 1.29 is 4.79 Å². The fourth-order valence-corrected chi connectivity index (χ4v) is 3.03. The molecule has 1 aliphatic carbocycles. The molecule has 0 bridgehead atoms. The average Bonchev–Trinajstić information content (AvgIpc) is 2.67. The van der Waals surface area contributed by atoms with E-state index in [-0.39, 0.29) is 5.41 Å². The maximum atomic E-state index is 12.0. The normalized spacial score (nSPS) is 35.5. The predicted octanol–water partition coefficient (Wildman–Crippen LogP) is 2.38. The summed E-state index contributed by atoms with van der Waals surface area (Å²) in [5.74, 6) is 2.06. The van der Waals surface area contributed by atoms with Gasteiger partial charge in [0, 0.05) is 17.9 Å². The Morgan fingerprint density at radius 3 is 2.73 bits per heavy atom. The van der Waals surface area contributed by atoms with Gasteiger partial charge in [0.25, 0.3) is 0 Å². The van der Waals surface area contributed by atoms with Crippen molar-refractivity contribution >= 4 is 5.78 Å². The van der Waals surface area contributed by atoms with Gasteiger partial charge in [-0.15, -0.1) is 0 Å². The van der Waals surface area contributed by atoms with Gasteiger partial charge in [-0.2, -0.15) is 0 Å². The van der Waals surface area contributed by atoms with Crippen LogP contribution in [0.2, 0.25) is 0 Å². The maximum absolute atomic E-state index is 12.0. The summed E-state index contributed by atoms with van der Waals surface area (Å²) in [6.07, 6.45) is 4.82. The average molecular weight is 209 g/mol. The van der Waals surface area contributed by atoms with Gasteiger partial charge in [0.1, 0.15) is 5.78 Å². The van der Waals surface area contributed by atoms with Crippen LogP contribution < -0.4 is 5.32 Å². The Morgan fingerprint density at radius 2 is 2.07 bits per heavy atom. The Balaban J connectivity index is 1.93. The van der Waals surface area contributed by atoms with Gasteiger partial charge in [-0.25, -0.2) is 0 Å². The van der Waals surface area contributed by atoms with Gasteiger partial charge in [0.15, 0.2) is 0 Å². The molecule has 0 radical (unpaired) electrons. The number of carbonyl (C=O) groups is 1. The van der Waals surface area contributed by atoms with Crippen LogP contribution >= 0.6 is 0 Å². The van der Waals surface area contributed by atoms with Crippen molar-refractivity contribution in [1.29, 1.82) is 0 Å². The third-order valence-corrected chi connectivity index (χ3v) is 4.12. The topological polar surface area (TPSA) is 29.1 Å². The second-order valence-corrected chi connectivity index (χ2v) is 6.25. The lowest BCUT2D eigenvalue weighted by Gasteiger charge is -2.22. The fourth-order valence-electron chi connectivity index (χ4n) is 3.03. The van der Waals surface area contributed by atoms with E-state index in [1.807, 2.05) is 20.8 Å². The van der Waals surface area contributed by atoms with E-state index in [4.69, 9.17) is 0 Å². The monoisotopic (exact) mass is 209 g/mol. The molecule has 1 saturated carbocycles. The van der Waals surface area contributed by atoms with Crippen LogP contribution in [0.1, 0.15) is 46.5 Å². The molecule has 3 unspecified atom stereocenters. The Morgan fingerprint density at radius 1 is 1.33 bits per heavy atom. The van der Waals surface area contributed by atoms with Gasteiger partial charge in [0.2, 0.25) is 0 Å². The van der Waals surface area contributed by atoms with Crippen molar-refractivity contribution in [3.8, 4) is 0 Å². The summed E-state index contributed by atoms with van der Waals surface area (Å²) in [5.41, 5.74) is -0.168. The van der Waals surface area contributed by atoms with E-state index in [0.717, 1.165) is 24.8 Å². The highest BCUT2D eigenvalue weighted by Gasteiger charge is 2.40. The van der Waals surface area contributed by atoms with Crippen LogP contribution in [0, 0.1) is 17.3 Å². The summed E-state index contributed by atoms with van der Waals surface area (Å²) in [5, 5.41) is 3.54. The molecule has 15 heavy (non-hydrogen) atoms. The third-order valence-electron chi connectivity index (χ3n) is 4.12. The molecule has 1 heterocycles. The smallest absolute Gasteiger partial charge is 0.139 e. The van der Waals surface area contributed by atoms with E-state index in [1.54, 1.807) is 0 Å². The molecule has 0 aromatic rings. The van der Waals surface area contributed by atoms with Crippen molar-refractivity contribution in [2.24, 2.45) is 17.3 Å². The van der Waals surface area contributed by atoms with E-state index in [2.05, 4.69) is 5.32 Å². The van der Waals surface area contributed by atoms with Gasteiger partial charge in [0.05, 0.1) is 0 Å². The Labute approximate surface area is 92.8 Å². The van der Waals surface area contributed by atoms with Crippen LogP contribution in [-0.2, 0) is 4.79 Å². The van der Waals surface area contributed by atoms with E-state index < -0.39 is 0 Å². The molecule has 1 saturated heterocycles. The van der Waals surface area contributed by atoms with E-state index in [1.165, 1.54) is 19.3 Å². The molecule has 2 rings (SSSR count). The zero-order valence-electron chi connectivity index (χ0n) is 10.2. The highest BCUT2D eigenvalue weighted by molar-refractivity contribution is 5.84. The van der Waals surface area contributed by atoms with E-state index >= 15 is 0 Å². The van der Waals surface area contributed by atoms with Crippen LogP contribution in [0.5, 0.6) is 0 Å². The van der Waals surface area contributed by atoms with Crippen molar-refractivity contribution in [3.63, 3.8) is 0 Å². The molecular formula is C13H23NO. The minimum Gasteiger partial charge on any atom is -0.313 e. The molecule has 1 aliphatic heterocycles. The predicted molar refractivity (Wildman–Crippen MR) is 61.7 cm³/mol. The van der Waals surface area contributed by atoms with Crippen molar-refractivity contribution in [2.45, 2.75) is 52.5 Å². The first-order valence-electron chi connectivity index (χ1n) is 6.25. The summed E-state index contributed by atoms with van der Waals surface area (Å²) in [7, 11) is 0. The number of hydrogen-bond acceptors (Lipinski definition) is 2. The number of fused-ring (bicyclic) bond motifs is 1. The highest BCUT2D eigenvalue weighted by Crippen LogP contribution is 2.39. The molecule has 2 fully saturated rings. The van der Waals surface area contributed by atoms with Gasteiger partial charge in [-0.3, -0.25) is 4.79 Å². The summed E-state index contributed by atoms with van der Waals surface area (Å²) in [6, 6.07) is 0.476. The van der Waals surface area contributed by atoms with Gasteiger partial charge < -0.3 is 5.32 Å². The highest BCUT2D eigenvalue weighted by atomic mass is 16.1. The third kappa shape index (κ3) is 2.25. The molecule has 2 heteroatoms. The van der Waals surface area contributed by atoms with Crippen molar-refractivity contribution in [3.05, 3.63) is 0 Å². The van der Waals surface area contributed by atoms with Gasteiger partial charge in [-0.1, -0.05) is 27.2 Å². The Hall–Kier alpha value is -0.370. The van der Waals surface area contributed by atoms with Crippen LogP contribution in [-0.4, -0.2) is 18.4 Å². The van der Waals surface area contributed by atoms with Crippen LogP contribution in [0.15, 0.2) is 0 Å². The molecular weight excluding hydrogens is 186 g/mol. The summed E-state index contributed by atoms with van der Waals surface area (Å²) >= 11 is 0. The van der Waals surface area contributed by atoms with Gasteiger partial charge in [-0.05, 0) is 31.2 Å². The summed E-state index contributed by atoms with van der Waals surface area (Å²) in [6.45, 7) is 7.22. The lowest BCUT2D eigenvalue weighted by molar-refractivity contribution is -0.126. The fraction of sp³-hybridized carbons (Fsp3) is 0.923. The number of Topliss-reactive ketones (excluding diaryl/α,β-unsaturated/α-hetero) is 1. The lowest BCUT2D eigenvalue weighted by Crippen LogP contribution is -2.33. The minimum absolute atomic E-state index is 0.168. The number of carbonyl (C=O) groups excluding carboxylic acids is 1. The van der Waals surface area contributed by atoms with Crippen molar-refractivity contribution in [1.82, 2.24) is 5.32 Å². The minimum atomic E-state index is -0.168. The van der Waals surface area contributed by atoms with Crippen LogP contribution in [0.3, 0.4) is 0 Å². The Bertz CT molecular complexity index is 254. The molecule has 2 nitrogen and oxygen atoms in total. The van der Waals surface area contributed by atoms with E-state index in [0.29, 0.717) is 11.8 Å². The molecule has 1 N–H and O–H groups in total. The molecule has 0 spiro atoms. The van der Waals surface area contributed by atoms with Crippen LogP contribution in [0.4, 0.5) is 0 Å².